The van der Waals surface area contributed by atoms with Crippen molar-refractivity contribution in [2.75, 3.05) is 23.9 Å². The van der Waals surface area contributed by atoms with Crippen LogP contribution in [0.5, 0.6) is 11.5 Å². The number of benzene rings is 3. The predicted molar refractivity (Wildman–Crippen MR) is 139 cm³/mol. The van der Waals surface area contributed by atoms with Gasteiger partial charge in [-0.3, -0.25) is 19.7 Å². The highest BCUT2D eigenvalue weighted by Crippen LogP contribution is 2.26. The summed E-state index contributed by atoms with van der Waals surface area (Å²) >= 11 is 11.8. The lowest BCUT2D eigenvalue weighted by Gasteiger charge is -2.26. The SMILES string of the molecule is COc1ccc(N2C(=O)NC(=O)/C(=C\c3cccc(OCC(=O)Nc4ccc(Cl)c(Cl)c4)c3)C2=O)cc1. The molecule has 37 heavy (non-hydrogen) atoms. The lowest BCUT2D eigenvalue weighted by atomic mass is 10.1. The van der Waals surface area contributed by atoms with Gasteiger partial charge >= 0.3 is 6.03 Å². The number of nitrogens with zero attached hydrogens (tertiary/aromatic N) is 1. The number of barbiturate groups is 1. The van der Waals surface area contributed by atoms with Crippen LogP contribution in [0.25, 0.3) is 6.08 Å². The topological polar surface area (TPSA) is 114 Å². The lowest BCUT2D eigenvalue weighted by Crippen LogP contribution is -2.54. The molecule has 1 aliphatic rings. The summed E-state index contributed by atoms with van der Waals surface area (Å²) in [5.41, 5.74) is 0.931. The van der Waals surface area contributed by atoms with Crippen molar-refractivity contribution >= 4 is 64.4 Å². The van der Waals surface area contributed by atoms with E-state index < -0.39 is 23.8 Å². The standard InChI is InChI=1S/C26H19Cl2N3O6/c1-36-18-8-6-17(7-9-18)31-25(34)20(24(33)30-26(31)35)12-15-3-2-4-19(11-15)37-14-23(32)29-16-5-10-21(27)22(28)13-16/h2-13H,14H2,1H3,(H,29,32)(H,30,33,35)/b20-12+. The first-order chi connectivity index (χ1) is 17.7. The molecule has 1 saturated heterocycles. The molecule has 3 aromatic rings. The first-order valence-electron chi connectivity index (χ1n) is 10.8. The molecule has 9 nitrogen and oxygen atoms in total. The number of amides is 5. The Balaban J connectivity index is 1.47. The minimum absolute atomic E-state index is 0.245. The van der Waals surface area contributed by atoms with Gasteiger partial charge < -0.3 is 14.8 Å². The summed E-state index contributed by atoms with van der Waals surface area (Å²) in [6, 6.07) is 16.5. The van der Waals surface area contributed by atoms with E-state index in [-0.39, 0.29) is 17.9 Å². The van der Waals surface area contributed by atoms with E-state index in [4.69, 9.17) is 32.7 Å². The third-order valence-electron chi connectivity index (χ3n) is 5.17. The third kappa shape index (κ3) is 6.08. The second-order valence-electron chi connectivity index (χ2n) is 7.69. The van der Waals surface area contributed by atoms with Gasteiger partial charge in [0, 0.05) is 5.69 Å². The van der Waals surface area contributed by atoms with E-state index >= 15 is 0 Å². The fourth-order valence-corrected chi connectivity index (χ4v) is 3.70. The molecule has 3 aromatic carbocycles. The third-order valence-corrected chi connectivity index (χ3v) is 5.91. The molecule has 1 fully saturated rings. The van der Waals surface area contributed by atoms with Crippen LogP contribution in [0.15, 0.2) is 72.3 Å². The molecule has 188 valence electrons. The molecule has 0 aliphatic carbocycles. The predicted octanol–water partition coefficient (Wildman–Crippen LogP) is 4.69. The molecule has 1 aliphatic heterocycles. The van der Waals surface area contributed by atoms with Gasteiger partial charge in [-0.25, -0.2) is 9.69 Å². The van der Waals surface area contributed by atoms with Gasteiger partial charge in [0.05, 0.1) is 22.8 Å². The Bertz CT molecular complexity index is 1420. The van der Waals surface area contributed by atoms with Crippen molar-refractivity contribution in [2.45, 2.75) is 0 Å². The van der Waals surface area contributed by atoms with Crippen LogP contribution in [0.2, 0.25) is 10.0 Å². The van der Waals surface area contributed by atoms with Crippen molar-refractivity contribution in [2.24, 2.45) is 0 Å². The van der Waals surface area contributed by atoms with Crippen molar-refractivity contribution in [3.8, 4) is 11.5 Å². The number of ether oxygens (including phenoxy) is 2. The highest BCUT2D eigenvalue weighted by atomic mass is 35.5. The number of hydrogen-bond donors (Lipinski definition) is 2. The number of imide groups is 2. The van der Waals surface area contributed by atoms with E-state index in [0.717, 1.165) is 4.90 Å². The highest BCUT2D eigenvalue weighted by Gasteiger charge is 2.36. The summed E-state index contributed by atoms with van der Waals surface area (Å²) < 4.78 is 10.6. The second kappa shape index (κ2) is 11.2. The normalized spacial score (nSPS) is 14.4. The number of carbonyl (C=O) groups is 4. The van der Waals surface area contributed by atoms with Gasteiger partial charge in [-0.1, -0.05) is 35.3 Å². The fourth-order valence-electron chi connectivity index (χ4n) is 3.40. The average molecular weight is 540 g/mol. The average Bonchev–Trinajstić information content (AvgIpc) is 2.88. The first-order valence-corrected chi connectivity index (χ1v) is 11.5. The smallest absolute Gasteiger partial charge is 0.335 e. The number of rotatable bonds is 7. The van der Waals surface area contributed by atoms with Gasteiger partial charge in [0.25, 0.3) is 17.7 Å². The molecule has 5 amide bonds. The quantitative estimate of drug-likeness (QED) is 0.332. The monoisotopic (exact) mass is 539 g/mol. The highest BCUT2D eigenvalue weighted by molar-refractivity contribution is 6.42. The Morgan fingerprint density at radius 1 is 0.973 bits per heavy atom. The van der Waals surface area contributed by atoms with Gasteiger partial charge in [0.1, 0.15) is 17.1 Å². The molecule has 0 bridgehead atoms. The molecule has 0 aromatic heterocycles. The van der Waals surface area contributed by atoms with Gasteiger partial charge in [-0.15, -0.1) is 0 Å². The Kier molecular flexibility index (Phi) is 7.76. The van der Waals surface area contributed by atoms with Gasteiger partial charge in [0.2, 0.25) is 0 Å². The minimum atomic E-state index is -0.859. The van der Waals surface area contributed by atoms with Crippen LogP contribution in [0.4, 0.5) is 16.2 Å². The zero-order valence-corrected chi connectivity index (χ0v) is 20.8. The van der Waals surface area contributed by atoms with Crippen LogP contribution in [0, 0.1) is 0 Å². The van der Waals surface area contributed by atoms with Crippen LogP contribution in [0.3, 0.4) is 0 Å². The number of carbonyl (C=O) groups excluding carboxylic acids is 4. The van der Waals surface area contributed by atoms with Crippen LogP contribution in [-0.4, -0.2) is 37.5 Å². The Hall–Kier alpha value is -4.34. The number of hydrogen-bond acceptors (Lipinski definition) is 6. The molecule has 0 spiro atoms. The molecule has 1 heterocycles. The Labute approximate surface area is 221 Å². The van der Waals surface area contributed by atoms with E-state index in [1.807, 2.05) is 0 Å². The molecule has 2 N–H and O–H groups in total. The molecular formula is C26H19Cl2N3O6. The maximum atomic E-state index is 13.1. The summed E-state index contributed by atoms with van der Waals surface area (Å²) in [5, 5.41) is 5.48. The van der Waals surface area contributed by atoms with Crippen molar-refractivity contribution in [3.63, 3.8) is 0 Å². The molecule has 4 rings (SSSR count). The summed E-state index contributed by atoms with van der Waals surface area (Å²) in [6.45, 7) is -0.306. The van der Waals surface area contributed by atoms with Crippen LogP contribution < -0.4 is 25.0 Å². The van der Waals surface area contributed by atoms with Gasteiger partial charge in [-0.2, -0.15) is 0 Å². The fraction of sp³-hybridized carbons (Fsp3) is 0.0769. The molecule has 11 heteroatoms. The van der Waals surface area contributed by atoms with E-state index in [9.17, 15) is 19.2 Å². The van der Waals surface area contributed by atoms with Gasteiger partial charge in [-0.05, 0) is 66.2 Å². The summed E-state index contributed by atoms with van der Waals surface area (Å²) in [6.07, 6.45) is 1.34. The van der Waals surface area contributed by atoms with E-state index in [0.29, 0.717) is 32.8 Å². The number of anilines is 2. The Morgan fingerprint density at radius 2 is 1.73 bits per heavy atom. The molecule has 0 saturated carbocycles. The van der Waals surface area contributed by atoms with Crippen molar-refractivity contribution in [1.82, 2.24) is 5.32 Å². The van der Waals surface area contributed by atoms with Gasteiger partial charge in [0.15, 0.2) is 6.61 Å². The summed E-state index contributed by atoms with van der Waals surface area (Å²) in [4.78, 5) is 51.0. The zero-order valence-electron chi connectivity index (χ0n) is 19.3. The lowest BCUT2D eigenvalue weighted by molar-refractivity contribution is -0.122. The molecule has 0 radical (unpaired) electrons. The molecular weight excluding hydrogens is 521 g/mol. The largest absolute Gasteiger partial charge is 0.497 e. The number of nitrogens with one attached hydrogen (secondary N) is 2. The summed E-state index contributed by atoms with van der Waals surface area (Å²) in [7, 11) is 1.49. The van der Waals surface area contributed by atoms with E-state index in [1.165, 1.54) is 31.4 Å². The number of methoxy groups -OCH3 is 1. The minimum Gasteiger partial charge on any atom is -0.497 e. The van der Waals surface area contributed by atoms with E-state index in [1.54, 1.807) is 48.5 Å². The zero-order chi connectivity index (χ0) is 26.5. The van der Waals surface area contributed by atoms with Crippen molar-refractivity contribution in [1.29, 1.82) is 0 Å². The second-order valence-corrected chi connectivity index (χ2v) is 8.51. The van der Waals surface area contributed by atoms with Crippen LogP contribution in [0.1, 0.15) is 5.56 Å². The number of halogens is 2. The van der Waals surface area contributed by atoms with Crippen LogP contribution in [-0.2, 0) is 14.4 Å². The maximum absolute atomic E-state index is 13.1. The van der Waals surface area contributed by atoms with Crippen molar-refractivity contribution < 1.29 is 28.7 Å². The van der Waals surface area contributed by atoms with E-state index in [2.05, 4.69) is 10.6 Å². The van der Waals surface area contributed by atoms with Crippen LogP contribution >= 0.6 is 23.2 Å². The number of urea groups is 1. The molecule has 0 atom stereocenters. The Morgan fingerprint density at radius 3 is 2.43 bits per heavy atom. The first kappa shape index (κ1) is 25.7. The van der Waals surface area contributed by atoms with Crippen molar-refractivity contribution in [3.05, 3.63) is 87.9 Å². The maximum Gasteiger partial charge on any atom is 0.335 e. The summed E-state index contributed by atoms with van der Waals surface area (Å²) in [5.74, 6) is -1.18. The molecule has 0 unspecified atom stereocenters.